The number of carbonyl (C=O) groups is 1. The summed E-state index contributed by atoms with van der Waals surface area (Å²) in [4.78, 5) is 17.8. The highest BCUT2D eigenvalue weighted by atomic mass is 19.1. The van der Waals surface area contributed by atoms with Gasteiger partial charge in [0.15, 0.2) is 0 Å². The summed E-state index contributed by atoms with van der Waals surface area (Å²) < 4.78 is 16.9. The van der Waals surface area contributed by atoms with Crippen LogP contribution in [0.2, 0.25) is 0 Å². The van der Waals surface area contributed by atoms with Crippen molar-refractivity contribution < 1.29 is 9.18 Å². The largest absolute Gasteiger partial charge is 0.323 e. The Morgan fingerprint density at radius 1 is 1.41 bits per heavy atom. The van der Waals surface area contributed by atoms with Gasteiger partial charge in [0.2, 0.25) is 5.67 Å². The molecule has 0 saturated carbocycles. The molecule has 22 heavy (non-hydrogen) atoms. The van der Waals surface area contributed by atoms with Gasteiger partial charge in [0.25, 0.3) is 5.91 Å². The van der Waals surface area contributed by atoms with E-state index in [0.717, 1.165) is 5.56 Å². The Bertz CT molecular complexity index is 685. The zero-order valence-electron chi connectivity index (χ0n) is 12.6. The highest BCUT2D eigenvalue weighted by Crippen LogP contribution is 2.42. The number of fused-ring (bicyclic) bond motifs is 1. The third-order valence-corrected chi connectivity index (χ3v) is 3.83. The van der Waals surface area contributed by atoms with Crippen molar-refractivity contribution in [1.29, 1.82) is 0 Å². The highest BCUT2D eigenvalue weighted by Gasteiger charge is 2.47. The van der Waals surface area contributed by atoms with Crippen LogP contribution in [-0.2, 0) is 17.0 Å². The number of amides is 1. The second-order valence-electron chi connectivity index (χ2n) is 5.78. The van der Waals surface area contributed by atoms with Crippen LogP contribution in [0.5, 0.6) is 0 Å². The van der Waals surface area contributed by atoms with E-state index in [4.69, 9.17) is 0 Å². The minimum Gasteiger partial charge on any atom is -0.323 e. The maximum Gasteiger partial charge on any atom is 0.266 e. The summed E-state index contributed by atoms with van der Waals surface area (Å²) in [6, 6.07) is 5.35. The molecule has 1 unspecified atom stereocenters. The Morgan fingerprint density at radius 2 is 2.23 bits per heavy atom. The molecule has 0 saturated heterocycles. The first-order valence-corrected chi connectivity index (χ1v) is 7.10. The first-order chi connectivity index (χ1) is 10.5. The molecule has 0 fully saturated rings. The summed E-state index contributed by atoms with van der Waals surface area (Å²) in [5, 5.41) is 6.67. The number of aromatic nitrogens is 3. The fourth-order valence-corrected chi connectivity index (χ4v) is 2.60. The second-order valence-corrected chi connectivity index (χ2v) is 5.78. The van der Waals surface area contributed by atoms with Crippen molar-refractivity contribution in [1.82, 2.24) is 19.7 Å². The topological polar surface area (TPSA) is 63.1 Å². The number of nitrogens with zero attached hydrogens (tertiary/aromatic N) is 4. The fraction of sp³-hybridized carbons (Fsp3) is 0.400. The van der Waals surface area contributed by atoms with Crippen molar-refractivity contribution in [2.45, 2.75) is 18.6 Å². The van der Waals surface area contributed by atoms with Crippen molar-refractivity contribution in [3.8, 4) is 0 Å². The SMILES string of the molecule is CN(C)CCC1(F)C(=O)Nc2ccc(Cn3cncn3)cc21. The number of alkyl halides is 1. The van der Waals surface area contributed by atoms with Gasteiger partial charge >= 0.3 is 0 Å². The number of carbonyl (C=O) groups excluding carboxylic acids is 1. The maximum absolute atomic E-state index is 15.2. The Morgan fingerprint density at radius 3 is 2.91 bits per heavy atom. The van der Waals surface area contributed by atoms with E-state index in [-0.39, 0.29) is 6.42 Å². The Balaban J connectivity index is 1.89. The van der Waals surface area contributed by atoms with Gasteiger partial charge in [-0.2, -0.15) is 5.10 Å². The van der Waals surface area contributed by atoms with E-state index < -0.39 is 11.6 Å². The Hall–Kier alpha value is -2.28. The summed E-state index contributed by atoms with van der Waals surface area (Å²) in [6.45, 7) is 0.988. The molecule has 0 bridgehead atoms. The van der Waals surface area contributed by atoms with Crippen molar-refractivity contribution in [3.05, 3.63) is 42.0 Å². The molecular weight excluding hydrogens is 285 g/mol. The summed E-state index contributed by atoms with van der Waals surface area (Å²) in [6.07, 6.45) is 3.19. The lowest BCUT2D eigenvalue weighted by Crippen LogP contribution is -2.33. The van der Waals surface area contributed by atoms with E-state index in [2.05, 4.69) is 15.4 Å². The molecule has 1 atom stereocenters. The number of rotatable bonds is 5. The number of nitrogens with one attached hydrogen (secondary N) is 1. The standard InChI is InChI=1S/C15H18FN5O/c1-20(2)6-5-15(16)12-7-11(8-21-10-17-9-18-21)3-4-13(12)19-14(15)22/h3-4,7,9-10H,5-6,8H2,1-2H3,(H,19,22). The first-order valence-electron chi connectivity index (χ1n) is 7.10. The van der Waals surface area contributed by atoms with Crippen LogP contribution in [0.15, 0.2) is 30.9 Å². The monoisotopic (exact) mass is 303 g/mol. The number of halogens is 1. The lowest BCUT2D eigenvalue weighted by atomic mass is 9.92. The van der Waals surface area contributed by atoms with Gasteiger partial charge < -0.3 is 10.2 Å². The third-order valence-electron chi connectivity index (χ3n) is 3.83. The molecule has 1 N–H and O–H groups in total. The molecule has 1 aliphatic heterocycles. The smallest absolute Gasteiger partial charge is 0.266 e. The van der Waals surface area contributed by atoms with Crippen molar-refractivity contribution in [2.24, 2.45) is 0 Å². The van der Waals surface area contributed by atoms with Gasteiger partial charge in [-0.25, -0.2) is 14.1 Å². The molecule has 7 heteroatoms. The minimum atomic E-state index is -1.97. The lowest BCUT2D eigenvalue weighted by Gasteiger charge is -2.20. The Labute approximate surface area is 128 Å². The van der Waals surface area contributed by atoms with Crippen LogP contribution >= 0.6 is 0 Å². The molecule has 2 heterocycles. The van der Waals surface area contributed by atoms with Gasteiger partial charge in [-0.05, 0) is 31.8 Å². The number of hydrogen-bond donors (Lipinski definition) is 1. The quantitative estimate of drug-likeness (QED) is 0.907. The predicted molar refractivity (Wildman–Crippen MR) is 80.2 cm³/mol. The van der Waals surface area contributed by atoms with Gasteiger partial charge in [-0.3, -0.25) is 4.79 Å². The molecule has 0 aliphatic carbocycles. The van der Waals surface area contributed by atoms with E-state index in [1.807, 2.05) is 25.1 Å². The van der Waals surface area contributed by atoms with Crippen molar-refractivity contribution in [2.75, 3.05) is 26.0 Å². The molecule has 1 aromatic carbocycles. The van der Waals surface area contributed by atoms with Crippen LogP contribution < -0.4 is 5.32 Å². The summed E-state index contributed by atoms with van der Waals surface area (Å²) >= 11 is 0. The van der Waals surface area contributed by atoms with Gasteiger partial charge in [0, 0.05) is 24.2 Å². The van der Waals surface area contributed by atoms with Crippen LogP contribution in [0, 0.1) is 0 Å². The van der Waals surface area contributed by atoms with Crippen molar-refractivity contribution in [3.63, 3.8) is 0 Å². The number of benzene rings is 1. The third kappa shape index (κ3) is 2.59. The van der Waals surface area contributed by atoms with Gasteiger partial charge in [0.05, 0.1) is 6.54 Å². The molecule has 0 radical (unpaired) electrons. The van der Waals surface area contributed by atoms with E-state index in [9.17, 15) is 4.79 Å². The molecule has 1 aliphatic rings. The molecule has 3 rings (SSSR count). The highest BCUT2D eigenvalue weighted by molar-refractivity contribution is 6.05. The van der Waals surface area contributed by atoms with Gasteiger partial charge in [-0.1, -0.05) is 6.07 Å². The molecule has 0 spiro atoms. The lowest BCUT2D eigenvalue weighted by molar-refractivity contribution is -0.127. The minimum absolute atomic E-state index is 0.131. The number of hydrogen-bond acceptors (Lipinski definition) is 4. The van der Waals surface area contributed by atoms with Gasteiger partial charge in [0.1, 0.15) is 12.7 Å². The molecule has 2 aromatic rings. The molecule has 116 valence electrons. The molecule has 1 aromatic heterocycles. The van der Waals surface area contributed by atoms with Crippen LogP contribution in [0.3, 0.4) is 0 Å². The number of anilines is 1. The summed E-state index contributed by atoms with van der Waals surface area (Å²) in [5.41, 5.74) is -0.129. The molecular formula is C15H18FN5O. The van der Waals surface area contributed by atoms with E-state index in [1.54, 1.807) is 23.1 Å². The summed E-state index contributed by atoms with van der Waals surface area (Å²) in [7, 11) is 3.72. The molecule has 6 nitrogen and oxygen atoms in total. The zero-order valence-corrected chi connectivity index (χ0v) is 12.6. The fourth-order valence-electron chi connectivity index (χ4n) is 2.60. The van der Waals surface area contributed by atoms with Crippen LogP contribution in [0.4, 0.5) is 10.1 Å². The summed E-state index contributed by atoms with van der Waals surface area (Å²) in [5.74, 6) is -0.581. The average Bonchev–Trinajstić information content (AvgIpc) is 3.06. The van der Waals surface area contributed by atoms with E-state index in [1.165, 1.54) is 6.33 Å². The second kappa shape index (κ2) is 5.49. The average molecular weight is 303 g/mol. The van der Waals surface area contributed by atoms with E-state index in [0.29, 0.717) is 24.3 Å². The Kier molecular flexibility index (Phi) is 3.66. The van der Waals surface area contributed by atoms with E-state index >= 15 is 4.39 Å². The molecule has 1 amide bonds. The first kappa shape index (κ1) is 14.6. The maximum atomic E-state index is 15.2. The van der Waals surface area contributed by atoms with Crippen LogP contribution in [0.1, 0.15) is 17.5 Å². The van der Waals surface area contributed by atoms with Crippen molar-refractivity contribution >= 4 is 11.6 Å². The zero-order chi connectivity index (χ0) is 15.7. The predicted octanol–water partition coefficient (Wildman–Crippen LogP) is 1.39. The van der Waals surface area contributed by atoms with Crippen LogP contribution in [0.25, 0.3) is 0 Å². The van der Waals surface area contributed by atoms with Crippen LogP contribution in [-0.4, -0.2) is 46.2 Å². The van der Waals surface area contributed by atoms with Gasteiger partial charge in [-0.15, -0.1) is 0 Å². The normalized spacial score (nSPS) is 20.3.